The van der Waals surface area contributed by atoms with Gasteiger partial charge in [0.1, 0.15) is 11.5 Å². The molecule has 0 aliphatic rings. The lowest BCUT2D eigenvalue weighted by Crippen LogP contribution is -2.31. The lowest BCUT2D eigenvalue weighted by Gasteiger charge is -2.26. The maximum absolute atomic E-state index is 6.55. The van der Waals surface area contributed by atoms with Gasteiger partial charge in [0.15, 0.2) is 0 Å². The molecule has 0 heterocycles. The highest BCUT2D eigenvalue weighted by molar-refractivity contribution is 5.57. The van der Waals surface area contributed by atoms with Crippen molar-refractivity contribution in [2.75, 3.05) is 19.2 Å². The second-order valence-electron chi connectivity index (χ2n) is 7.60. The third-order valence-corrected chi connectivity index (χ3v) is 5.35. The van der Waals surface area contributed by atoms with Crippen molar-refractivity contribution >= 4 is 5.69 Å². The van der Waals surface area contributed by atoms with Crippen LogP contribution in [0.4, 0.5) is 5.69 Å². The lowest BCUT2D eigenvalue weighted by atomic mass is 9.94. The van der Waals surface area contributed by atoms with Crippen molar-refractivity contribution in [1.82, 2.24) is 0 Å². The maximum atomic E-state index is 6.55. The average molecular weight is 400 g/mol. The number of nitrogens with zero attached hydrogens (tertiary/aromatic N) is 1. The molecule has 29 heavy (non-hydrogen) atoms. The van der Waals surface area contributed by atoms with E-state index in [1.165, 1.54) is 36.8 Å². The van der Waals surface area contributed by atoms with Gasteiger partial charge in [0.25, 0.3) is 0 Å². The highest BCUT2D eigenvalue weighted by Crippen LogP contribution is 2.31. The Kier molecular flexibility index (Phi) is 9.29. The summed E-state index contributed by atoms with van der Waals surface area (Å²) in [6.07, 6.45) is 7.20. The molecule has 0 aliphatic carbocycles. The largest absolute Gasteiger partial charge is 0.497 e. The Morgan fingerprint density at radius 3 is 2.41 bits per heavy atom. The Morgan fingerprint density at radius 2 is 1.76 bits per heavy atom. The fraction of sp³-hybridized carbons (Fsp3) is 0.500. The van der Waals surface area contributed by atoms with Crippen LogP contribution < -0.4 is 26.1 Å². The highest BCUT2D eigenvalue weighted by atomic mass is 16.5. The molecule has 4 N–H and O–H groups in total. The van der Waals surface area contributed by atoms with Crippen LogP contribution in [0.25, 0.3) is 0 Å². The van der Waals surface area contributed by atoms with E-state index in [-0.39, 0.29) is 6.04 Å². The van der Waals surface area contributed by atoms with Gasteiger partial charge in [-0.2, -0.15) is 0 Å². The van der Waals surface area contributed by atoms with Crippen LogP contribution in [0.15, 0.2) is 36.4 Å². The summed E-state index contributed by atoms with van der Waals surface area (Å²) in [6, 6.07) is 12.0. The van der Waals surface area contributed by atoms with E-state index in [9.17, 15) is 0 Å². The lowest BCUT2D eigenvalue weighted by molar-refractivity contribution is 0.391. The molecule has 0 radical (unpaired) electrons. The second-order valence-corrected chi connectivity index (χ2v) is 7.60. The van der Waals surface area contributed by atoms with Gasteiger partial charge in [-0.1, -0.05) is 44.7 Å². The SMILES string of the molecule is CCCCCCCc1c([C@@H](C)N)cccc1N(N)Cc1ccc(OC)cc1OC. The Hall–Kier alpha value is -2.24. The molecule has 0 amide bonds. The van der Waals surface area contributed by atoms with Crippen molar-refractivity contribution in [3.63, 3.8) is 0 Å². The average Bonchev–Trinajstić information content (AvgIpc) is 2.73. The zero-order valence-corrected chi connectivity index (χ0v) is 18.4. The molecule has 2 aromatic carbocycles. The number of methoxy groups -OCH3 is 2. The van der Waals surface area contributed by atoms with Crippen LogP contribution in [-0.2, 0) is 13.0 Å². The van der Waals surface area contributed by atoms with Gasteiger partial charge in [-0.3, -0.25) is 0 Å². The van der Waals surface area contributed by atoms with Crippen LogP contribution in [0.5, 0.6) is 11.5 Å². The predicted molar refractivity (Wildman–Crippen MR) is 121 cm³/mol. The summed E-state index contributed by atoms with van der Waals surface area (Å²) in [4.78, 5) is 0. The summed E-state index contributed by atoms with van der Waals surface area (Å²) in [5.74, 6) is 8.08. The molecule has 0 bridgehead atoms. The van der Waals surface area contributed by atoms with Crippen molar-refractivity contribution in [2.45, 2.75) is 65.0 Å². The maximum Gasteiger partial charge on any atom is 0.127 e. The minimum absolute atomic E-state index is 0.0236. The minimum atomic E-state index is -0.0236. The molecular weight excluding hydrogens is 362 g/mol. The number of hydrogen-bond donors (Lipinski definition) is 2. The Bertz CT molecular complexity index is 762. The van der Waals surface area contributed by atoms with E-state index in [1.54, 1.807) is 19.2 Å². The number of benzene rings is 2. The first-order chi connectivity index (χ1) is 14.0. The van der Waals surface area contributed by atoms with Gasteiger partial charge >= 0.3 is 0 Å². The first kappa shape index (κ1) is 23.0. The van der Waals surface area contributed by atoms with Gasteiger partial charge in [-0.05, 0) is 49.1 Å². The van der Waals surface area contributed by atoms with Crippen molar-refractivity contribution in [1.29, 1.82) is 0 Å². The fourth-order valence-electron chi connectivity index (χ4n) is 3.72. The van der Waals surface area contributed by atoms with E-state index >= 15 is 0 Å². The number of unbranched alkanes of at least 4 members (excludes halogenated alkanes) is 4. The number of ether oxygens (including phenoxy) is 2. The highest BCUT2D eigenvalue weighted by Gasteiger charge is 2.16. The molecule has 0 aromatic heterocycles. The van der Waals surface area contributed by atoms with Gasteiger partial charge in [0.2, 0.25) is 0 Å². The zero-order chi connectivity index (χ0) is 21.2. The molecule has 1 atom stereocenters. The molecule has 0 saturated heterocycles. The molecule has 2 rings (SSSR count). The van der Waals surface area contributed by atoms with E-state index in [1.807, 2.05) is 31.2 Å². The van der Waals surface area contributed by atoms with Crippen LogP contribution in [0, 0.1) is 0 Å². The third-order valence-electron chi connectivity index (χ3n) is 5.35. The second kappa shape index (κ2) is 11.7. The fourth-order valence-corrected chi connectivity index (χ4v) is 3.72. The van der Waals surface area contributed by atoms with Crippen molar-refractivity contribution in [3.8, 4) is 11.5 Å². The first-order valence-electron chi connectivity index (χ1n) is 10.6. The van der Waals surface area contributed by atoms with Gasteiger partial charge in [0, 0.05) is 17.7 Å². The summed E-state index contributed by atoms with van der Waals surface area (Å²) in [6.45, 7) is 4.81. The molecular formula is C24H37N3O2. The molecule has 0 spiro atoms. The summed E-state index contributed by atoms with van der Waals surface area (Å²) in [5.41, 5.74) is 10.8. The van der Waals surface area contributed by atoms with Gasteiger partial charge < -0.3 is 20.2 Å². The quantitative estimate of drug-likeness (QED) is 0.294. The third kappa shape index (κ3) is 6.38. The Morgan fingerprint density at radius 1 is 1.00 bits per heavy atom. The summed E-state index contributed by atoms with van der Waals surface area (Å²) >= 11 is 0. The predicted octanol–water partition coefficient (Wildman–Crippen LogP) is 5.12. The zero-order valence-electron chi connectivity index (χ0n) is 18.4. The Labute approximate surface area is 176 Å². The molecule has 0 unspecified atom stereocenters. The summed E-state index contributed by atoms with van der Waals surface area (Å²) < 4.78 is 10.8. The van der Waals surface area contributed by atoms with Crippen molar-refractivity contribution in [2.24, 2.45) is 11.6 Å². The van der Waals surface area contributed by atoms with Crippen molar-refractivity contribution < 1.29 is 9.47 Å². The van der Waals surface area contributed by atoms with Gasteiger partial charge in [-0.15, -0.1) is 0 Å². The molecule has 5 nitrogen and oxygen atoms in total. The standard InChI is InChI=1S/C24H37N3O2/c1-5-6-7-8-9-11-22-21(18(2)25)12-10-13-23(22)27(26)17-19-14-15-20(28-3)16-24(19)29-4/h10,12-16,18H,5-9,11,17,25-26H2,1-4H3/t18-/m1/s1. The number of hydrazine groups is 1. The van der Waals surface area contributed by atoms with Crippen LogP contribution in [0.3, 0.4) is 0 Å². The molecule has 2 aromatic rings. The minimum Gasteiger partial charge on any atom is -0.497 e. The van der Waals surface area contributed by atoms with Crippen LogP contribution in [0.2, 0.25) is 0 Å². The van der Waals surface area contributed by atoms with Crippen LogP contribution in [-0.4, -0.2) is 14.2 Å². The molecule has 0 fully saturated rings. The molecule has 0 aliphatic heterocycles. The molecule has 5 heteroatoms. The first-order valence-corrected chi connectivity index (χ1v) is 10.6. The number of anilines is 1. The van der Waals surface area contributed by atoms with E-state index in [2.05, 4.69) is 19.1 Å². The number of rotatable bonds is 12. The summed E-state index contributed by atoms with van der Waals surface area (Å²) in [5, 5.41) is 1.80. The molecule has 160 valence electrons. The summed E-state index contributed by atoms with van der Waals surface area (Å²) in [7, 11) is 3.31. The number of nitrogens with two attached hydrogens (primary N) is 2. The van der Waals surface area contributed by atoms with Crippen LogP contribution >= 0.6 is 0 Å². The Balaban J connectivity index is 2.24. The van der Waals surface area contributed by atoms with Crippen molar-refractivity contribution in [3.05, 3.63) is 53.1 Å². The number of hydrogen-bond acceptors (Lipinski definition) is 5. The van der Waals surface area contributed by atoms with Gasteiger partial charge in [-0.25, -0.2) is 5.84 Å². The smallest absolute Gasteiger partial charge is 0.127 e. The van der Waals surface area contributed by atoms with E-state index in [0.717, 1.165) is 35.6 Å². The topological polar surface area (TPSA) is 73.7 Å². The normalized spacial score (nSPS) is 11.9. The van der Waals surface area contributed by atoms with E-state index in [0.29, 0.717) is 6.54 Å². The van der Waals surface area contributed by atoms with Crippen LogP contribution in [0.1, 0.15) is 68.7 Å². The molecule has 0 saturated carbocycles. The van der Waals surface area contributed by atoms with E-state index in [4.69, 9.17) is 21.1 Å². The van der Waals surface area contributed by atoms with E-state index < -0.39 is 0 Å². The monoisotopic (exact) mass is 399 g/mol. The van der Waals surface area contributed by atoms with Gasteiger partial charge in [0.05, 0.1) is 26.5 Å².